The second-order valence-corrected chi connectivity index (χ2v) is 6.30. The van der Waals surface area contributed by atoms with Gasteiger partial charge in [0.2, 0.25) is 0 Å². The van der Waals surface area contributed by atoms with Gasteiger partial charge in [0.1, 0.15) is 11.9 Å². The molecule has 0 heterocycles. The number of carbonyl (C=O) groups excluding carboxylic acids is 1. The molecule has 0 amide bonds. The molecular weight excluding hydrogens is 337 g/mol. The van der Waals surface area contributed by atoms with Crippen molar-refractivity contribution >= 4 is 23.1 Å². The second-order valence-electron chi connectivity index (χ2n) is 5.87. The number of ketones is 1. The lowest BCUT2D eigenvalue weighted by atomic mass is 9.97. The number of halogens is 2. The van der Waals surface area contributed by atoms with E-state index in [1.165, 1.54) is 12.1 Å². The Labute approximate surface area is 151 Å². The summed E-state index contributed by atoms with van der Waals surface area (Å²) in [6.07, 6.45) is 0. The maximum atomic E-state index is 13.3. The topological polar surface area (TPSA) is 29.1 Å². The van der Waals surface area contributed by atoms with E-state index in [0.717, 1.165) is 11.3 Å². The van der Waals surface area contributed by atoms with Gasteiger partial charge >= 0.3 is 0 Å². The third kappa shape index (κ3) is 4.25. The van der Waals surface area contributed by atoms with Crippen molar-refractivity contribution in [2.24, 2.45) is 0 Å². The number of aryl methyl sites for hydroxylation is 1. The van der Waals surface area contributed by atoms with Gasteiger partial charge in [-0.25, -0.2) is 4.39 Å². The van der Waals surface area contributed by atoms with Crippen LogP contribution in [-0.2, 0) is 0 Å². The fraction of sp³-hybridized carbons (Fsp3) is 0.0952. The zero-order valence-electron chi connectivity index (χ0n) is 13.7. The number of hydrogen-bond donors (Lipinski definition) is 1. The molecule has 3 rings (SSSR count). The molecule has 0 fully saturated rings. The first-order chi connectivity index (χ1) is 12.0. The minimum Gasteiger partial charge on any atom is -0.371 e. The molecule has 0 aliphatic carbocycles. The van der Waals surface area contributed by atoms with Gasteiger partial charge in [0.05, 0.1) is 0 Å². The molecule has 1 N–H and O–H groups in total. The Hall–Kier alpha value is -2.65. The summed E-state index contributed by atoms with van der Waals surface area (Å²) < 4.78 is 13.3. The average Bonchev–Trinajstić information content (AvgIpc) is 2.62. The lowest BCUT2D eigenvalue weighted by Gasteiger charge is -2.20. The van der Waals surface area contributed by atoms with Crippen LogP contribution >= 0.6 is 11.6 Å². The summed E-state index contributed by atoms with van der Waals surface area (Å²) in [7, 11) is 0. The fourth-order valence-corrected chi connectivity index (χ4v) is 2.68. The van der Waals surface area contributed by atoms with Gasteiger partial charge in [0.25, 0.3) is 0 Å². The van der Waals surface area contributed by atoms with Crippen LogP contribution in [0.2, 0.25) is 5.02 Å². The molecule has 0 aliphatic rings. The summed E-state index contributed by atoms with van der Waals surface area (Å²) in [4.78, 5) is 13.0. The van der Waals surface area contributed by atoms with Crippen LogP contribution in [0.5, 0.6) is 0 Å². The highest BCUT2D eigenvalue weighted by Gasteiger charge is 2.22. The minimum atomic E-state index is -0.621. The monoisotopic (exact) mass is 353 g/mol. The van der Waals surface area contributed by atoms with Crippen molar-refractivity contribution in [2.75, 3.05) is 5.32 Å². The molecule has 0 radical (unpaired) electrons. The highest BCUT2D eigenvalue weighted by Crippen LogP contribution is 2.25. The Kier molecular flexibility index (Phi) is 5.15. The number of nitrogens with one attached hydrogen (secondary N) is 1. The van der Waals surface area contributed by atoms with Gasteiger partial charge < -0.3 is 5.32 Å². The zero-order chi connectivity index (χ0) is 17.8. The standard InChI is InChI=1S/C21H17ClFNO/c1-14-2-12-19(13-3-14)24-20(15-6-10-18(23)11-7-15)21(25)16-4-8-17(22)9-5-16/h2-13,20,24H,1H3. The number of hydrogen-bond acceptors (Lipinski definition) is 2. The molecular formula is C21H17ClFNO. The normalized spacial score (nSPS) is 11.8. The van der Waals surface area contributed by atoms with Crippen LogP contribution in [0.15, 0.2) is 72.8 Å². The molecule has 2 nitrogen and oxygen atoms in total. The van der Waals surface area contributed by atoms with E-state index in [1.807, 2.05) is 31.2 Å². The zero-order valence-corrected chi connectivity index (χ0v) is 14.4. The molecule has 0 bridgehead atoms. The van der Waals surface area contributed by atoms with Gasteiger partial charge in [-0.2, -0.15) is 0 Å². The first kappa shape index (κ1) is 17.2. The van der Waals surface area contributed by atoms with Crippen LogP contribution in [0.3, 0.4) is 0 Å². The number of rotatable bonds is 5. The van der Waals surface area contributed by atoms with Crippen molar-refractivity contribution in [3.05, 3.63) is 100 Å². The molecule has 3 aromatic rings. The summed E-state index contributed by atoms with van der Waals surface area (Å²) in [5.74, 6) is -0.444. The highest BCUT2D eigenvalue weighted by molar-refractivity contribution is 6.30. The predicted molar refractivity (Wildman–Crippen MR) is 99.7 cm³/mol. The third-order valence-corrected chi connectivity index (χ3v) is 4.21. The van der Waals surface area contributed by atoms with E-state index in [1.54, 1.807) is 36.4 Å². The molecule has 4 heteroatoms. The van der Waals surface area contributed by atoms with E-state index >= 15 is 0 Å². The van der Waals surface area contributed by atoms with Gasteiger partial charge in [-0.15, -0.1) is 0 Å². The number of benzene rings is 3. The Morgan fingerprint density at radius 1 is 0.920 bits per heavy atom. The number of carbonyl (C=O) groups is 1. The molecule has 25 heavy (non-hydrogen) atoms. The molecule has 126 valence electrons. The van der Waals surface area contributed by atoms with Crippen molar-refractivity contribution in [3.63, 3.8) is 0 Å². The third-order valence-electron chi connectivity index (χ3n) is 3.96. The van der Waals surface area contributed by atoms with Crippen LogP contribution in [0.4, 0.5) is 10.1 Å². The Bertz CT molecular complexity index is 858. The number of Topliss-reactive ketones (excluding diaryl/α,β-unsaturated/α-hetero) is 1. The van der Waals surface area contributed by atoms with Gasteiger partial charge in [-0.1, -0.05) is 41.4 Å². The molecule has 3 aromatic carbocycles. The quantitative estimate of drug-likeness (QED) is 0.585. The first-order valence-electron chi connectivity index (χ1n) is 7.91. The van der Waals surface area contributed by atoms with Gasteiger partial charge in [0, 0.05) is 16.3 Å². The summed E-state index contributed by atoms with van der Waals surface area (Å²) in [5.41, 5.74) is 3.19. The van der Waals surface area contributed by atoms with Crippen LogP contribution in [0, 0.1) is 12.7 Å². The van der Waals surface area contributed by atoms with Gasteiger partial charge in [-0.3, -0.25) is 4.79 Å². The van der Waals surface area contributed by atoms with Crippen LogP contribution in [0.1, 0.15) is 27.5 Å². The van der Waals surface area contributed by atoms with Gasteiger partial charge in [-0.05, 0) is 61.0 Å². The van der Waals surface area contributed by atoms with E-state index in [0.29, 0.717) is 16.1 Å². The highest BCUT2D eigenvalue weighted by atomic mass is 35.5. The van der Waals surface area contributed by atoms with E-state index in [2.05, 4.69) is 5.32 Å². The summed E-state index contributed by atoms with van der Waals surface area (Å²) in [5, 5.41) is 3.82. The van der Waals surface area contributed by atoms with E-state index in [-0.39, 0.29) is 11.6 Å². The Balaban J connectivity index is 1.95. The van der Waals surface area contributed by atoms with E-state index < -0.39 is 6.04 Å². The van der Waals surface area contributed by atoms with Crippen LogP contribution < -0.4 is 5.32 Å². The maximum Gasteiger partial charge on any atom is 0.189 e. The Morgan fingerprint density at radius 2 is 1.52 bits per heavy atom. The maximum absolute atomic E-state index is 13.3. The SMILES string of the molecule is Cc1ccc(NC(C(=O)c2ccc(Cl)cc2)c2ccc(F)cc2)cc1. The molecule has 0 saturated carbocycles. The fourth-order valence-electron chi connectivity index (χ4n) is 2.55. The molecule has 0 saturated heterocycles. The Morgan fingerprint density at radius 3 is 2.12 bits per heavy atom. The summed E-state index contributed by atoms with van der Waals surface area (Å²) in [6.45, 7) is 2.00. The smallest absolute Gasteiger partial charge is 0.189 e. The van der Waals surface area contributed by atoms with Gasteiger partial charge in [0.15, 0.2) is 5.78 Å². The van der Waals surface area contributed by atoms with E-state index in [4.69, 9.17) is 11.6 Å². The molecule has 0 aliphatic heterocycles. The van der Waals surface area contributed by atoms with Crippen LogP contribution in [-0.4, -0.2) is 5.78 Å². The first-order valence-corrected chi connectivity index (χ1v) is 8.29. The number of anilines is 1. The molecule has 0 spiro atoms. The van der Waals surface area contributed by atoms with Crippen LogP contribution in [0.25, 0.3) is 0 Å². The molecule has 1 unspecified atom stereocenters. The van der Waals surface area contributed by atoms with E-state index in [9.17, 15) is 9.18 Å². The van der Waals surface area contributed by atoms with Crippen molar-refractivity contribution in [1.29, 1.82) is 0 Å². The largest absolute Gasteiger partial charge is 0.371 e. The summed E-state index contributed by atoms with van der Waals surface area (Å²) in [6, 6.07) is 19.9. The lowest BCUT2D eigenvalue weighted by Crippen LogP contribution is -2.21. The van der Waals surface area contributed by atoms with Crippen molar-refractivity contribution in [1.82, 2.24) is 0 Å². The second kappa shape index (κ2) is 7.49. The molecule has 1 atom stereocenters. The molecule has 0 aromatic heterocycles. The van der Waals surface area contributed by atoms with Crippen molar-refractivity contribution < 1.29 is 9.18 Å². The average molecular weight is 354 g/mol. The lowest BCUT2D eigenvalue weighted by molar-refractivity contribution is 0.0969. The predicted octanol–water partition coefficient (Wildman–Crippen LogP) is 5.82. The minimum absolute atomic E-state index is 0.108. The van der Waals surface area contributed by atoms with Crippen molar-refractivity contribution in [3.8, 4) is 0 Å². The summed E-state index contributed by atoms with van der Waals surface area (Å²) >= 11 is 5.91. The van der Waals surface area contributed by atoms with Crippen molar-refractivity contribution in [2.45, 2.75) is 13.0 Å².